The minimum Gasteiger partial charge on any atom is -0.371 e. The number of carbonyl (C=O) groups excluding carboxylic acids is 1. The molecule has 1 aliphatic heterocycles. The molecule has 1 heterocycles. The third-order valence-electron chi connectivity index (χ3n) is 3.63. The molecule has 1 saturated heterocycles. The topological polar surface area (TPSA) is 58.4 Å². The van der Waals surface area contributed by atoms with Crippen molar-refractivity contribution in [2.24, 2.45) is 11.7 Å². The van der Waals surface area contributed by atoms with E-state index in [1.54, 1.807) is 0 Å². The van der Waals surface area contributed by atoms with Crippen molar-refractivity contribution in [3.63, 3.8) is 0 Å². The Morgan fingerprint density at radius 1 is 1.42 bits per heavy atom. The van der Waals surface area contributed by atoms with Crippen LogP contribution in [0.15, 0.2) is 24.3 Å². The zero-order valence-electron chi connectivity index (χ0n) is 11.6. The summed E-state index contributed by atoms with van der Waals surface area (Å²) in [7, 11) is 0. The first kappa shape index (κ1) is 13.9. The van der Waals surface area contributed by atoms with Crippen LogP contribution < -0.4 is 16.0 Å². The third kappa shape index (κ3) is 3.70. The van der Waals surface area contributed by atoms with Gasteiger partial charge in [-0.15, -0.1) is 0 Å². The molecule has 4 nitrogen and oxygen atoms in total. The van der Waals surface area contributed by atoms with Gasteiger partial charge in [0.25, 0.3) is 0 Å². The summed E-state index contributed by atoms with van der Waals surface area (Å²) >= 11 is 0. The summed E-state index contributed by atoms with van der Waals surface area (Å²) in [6.07, 6.45) is 3.23. The smallest absolute Gasteiger partial charge is 0.227 e. The first-order chi connectivity index (χ1) is 9.20. The lowest BCUT2D eigenvalue weighted by molar-refractivity contribution is -0.119. The lowest BCUT2D eigenvalue weighted by Crippen LogP contribution is -2.23. The molecule has 0 aromatic heterocycles. The van der Waals surface area contributed by atoms with Crippen LogP contribution in [-0.4, -0.2) is 25.5 Å². The molecule has 0 saturated carbocycles. The van der Waals surface area contributed by atoms with Gasteiger partial charge in [-0.25, -0.2) is 0 Å². The Morgan fingerprint density at radius 2 is 2.16 bits per heavy atom. The molecule has 1 aromatic carbocycles. The number of carbonyl (C=O) groups is 1. The molecule has 1 fully saturated rings. The normalized spacial score (nSPS) is 16.4. The molecule has 0 bridgehead atoms. The predicted molar refractivity (Wildman–Crippen MR) is 79.4 cm³/mol. The second-order valence-corrected chi connectivity index (χ2v) is 5.21. The van der Waals surface area contributed by atoms with E-state index in [0.717, 1.165) is 25.2 Å². The highest BCUT2D eigenvalue weighted by molar-refractivity contribution is 5.92. The maximum atomic E-state index is 12.0. The lowest BCUT2D eigenvalue weighted by atomic mass is 10.1. The van der Waals surface area contributed by atoms with Crippen LogP contribution in [0.25, 0.3) is 0 Å². The maximum absolute atomic E-state index is 12.0. The van der Waals surface area contributed by atoms with Crippen LogP contribution in [0.5, 0.6) is 0 Å². The van der Waals surface area contributed by atoms with Crippen molar-refractivity contribution in [2.75, 3.05) is 29.9 Å². The lowest BCUT2D eigenvalue weighted by Gasteiger charge is -2.19. The molecule has 1 atom stereocenters. The second kappa shape index (κ2) is 6.57. The van der Waals surface area contributed by atoms with Crippen LogP contribution >= 0.6 is 0 Å². The Kier molecular flexibility index (Phi) is 4.80. The molecule has 4 heteroatoms. The van der Waals surface area contributed by atoms with Gasteiger partial charge in [-0.05, 0) is 44.0 Å². The van der Waals surface area contributed by atoms with E-state index in [9.17, 15) is 4.79 Å². The van der Waals surface area contributed by atoms with Gasteiger partial charge in [0.2, 0.25) is 5.91 Å². The fraction of sp³-hybridized carbons (Fsp3) is 0.533. The van der Waals surface area contributed by atoms with E-state index >= 15 is 0 Å². The predicted octanol–water partition coefficient (Wildman–Crippen LogP) is 2.21. The molecule has 1 aliphatic rings. The van der Waals surface area contributed by atoms with Gasteiger partial charge in [0.1, 0.15) is 0 Å². The number of nitrogens with one attached hydrogen (secondary N) is 1. The van der Waals surface area contributed by atoms with Gasteiger partial charge < -0.3 is 16.0 Å². The zero-order valence-corrected chi connectivity index (χ0v) is 11.6. The number of rotatable bonds is 5. The fourth-order valence-electron chi connectivity index (χ4n) is 2.40. The number of nitrogens with zero attached hydrogens (tertiary/aromatic N) is 1. The zero-order chi connectivity index (χ0) is 13.7. The van der Waals surface area contributed by atoms with E-state index in [2.05, 4.69) is 22.3 Å². The van der Waals surface area contributed by atoms with Crippen molar-refractivity contribution in [3.05, 3.63) is 24.3 Å². The van der Waals surface area contributed by atoms with Gasteiger partial charge in [0, 0.05) is 30.4 Å². The van der Waals surface area contributed by atoms with Gasteiger partial charge in [0.05, 0.1) is 0 Å². The van der Waals surface area contributed by atoms with E-state index in [4.69, 9.17) is 5.73 Å². The average Bonchev–Trinajstić information content (AvgIpc) is 2.93. The Labute approximate surface area is 115 Å². The van der Waals surface area contributed by atoms with E-state index in [0.29, 0.717) is 6.54 Å². The third-order valence-corrected chi connectivity index (χ3v) is 3.63. The molecule has 1 unspecified atom stereocenters. The van der Waals surface area contributed by atoms with Gasteiger partial charge in [-0.2, -0.15) is 0 Å². The molecule has 3 N–H and O–H groups in total. The fourth-order valence-corrected chi connectivity index (χ4v) is 2.40. The summed E-state index contributed by atoms with van der Waals surface area (Å²) in [6.45, 7) is 4.68. The van der Waals surface area contributed by atoms with Crippen molar-refractivity contribution in [3.8, 4) is 0 Å². The van der Waals surface area contributed by atoms with Crippen molar-refractivity contribution in [1.29, 1.82) is 0 Å². The van der Waals surface area contributed by atoms with E-state index in [1.807, 2.05) is 19.1 Å². The highest BCUT2D eigenvalue weighted by atomic mass is 16.1. The minimum absolute atomic E-state index is 0.0413. The summed E-state index contributed by atoms with van der Waals surface area (Å²) in [4.78, 5) is 14.3. The van der Waals surface area contributed by atoms with E-state index in [-0.39, 0.29) is 11.8 Å². The first-order valence-corrected chi connectivity index (χ1v) is 7.06. The number of nitrogens with two attached hydrogens (primary N) is 1. The van der Waals surface area contributed by atoms with Crippen molar-refractivity contribution < 1.29 is 4.79 Å². The number of hydrogen-bond acceptors (Lipinski definition) is 3. The van der Waals surface area contributed by atoms with Gasteiger partial charge in [0.15, 0.2) is 0 Å². The monoisotopic (exact) mass is 261 g/mol. The van der Waals surface area contributed by atoms with Crippen LogP contribution in [0, 0.1) is 5.92 Å². The Morgan fingerprint density at radius 3 is 2.84 bits per heavy atom. The maximum Gasteiger partial charge on any atom is 0.227 e. The summed E-state index contributed by atoms with van der Waals surface area (Å²) in [6, 6.07) is 8.09. The summed E-state index contributed by atoms with van der Waals surface area (Å²) < 4.78 is 0. The van der Waals surface area contributed by atoms with Crippen molar-refractivity contribution in [2.45, 2.75) is 26.2 Å². The van der Waals surface area contributed by atoms with Crippen LogP contribution in [-0.2, 0) is 4.79 Å². The minimum atomic E-state index is -0.0413. The number of benzene rings is 1. The van der Waals surface area contributed by atoms with Gasteiger partial charge in [-0.3, -0.25) is 4.79 Å². The van der Waals surface area contributed by atoms with Crippen molar-refractivity contribution >= 4 is 17.3 Å². The Balaban J connectivity index is 2.00. The molecule has 19 heavy (non-hydrogen) atoms. The van der Waals surface area contributed by atoms with Crippen LogP contribution in [0.3, 0.4) is 0 Å². The Bertz CT molecular complexity index is 427. The summed E-state index contributed by atoms with van der Waals surface area (Å²) in [5.41, 5.74) is 7.55. The molecule has 0 radical (unpaired) electrons. The standard InChI is InChI=1S/C15H23N3O/c1-12(7-8-16)15(19)17-13-5-4-6-14(11-13)18-9-2-3-10-18/h4-6,11-12H,2-3,7-10,16H2,1H3,(H,17,19). The number of anilines is 2. The highest BCUT2D eigenvalue weighted by Gasteiger charge is 2.14. The quantitative estimate of drug-likeness (QED) is 0.854. The second-order valence-electron chi connectivity index (χ2n) is 5.21. The van der Waals surface area contributed by atoms with Gasteiger partial charge in [-0.1, -0.05) is 13.0 Å². The van der Waals surface area contributed by atoms with Crippen LogP contribution in [0.4, 0.5) is 11.4 Å². The highest BCUT2D eigenvalue weighted by Crippen LogP contribution is 2.23. The van der Waals surface area contributed by atoms with Gasteiger partial charge >= 0.3 is 0 Å². The molecule has 2 rings (SSSR count). The summed E-state index contributed by atoms with van der Waals surface area (Å²) in [5, 5.41) is 2.97. The molecule has 0 spiro atoms. The molecule has 1 aromatic rings. The van der Waals surface area contributed by atoms with Crippen molar-refractivity contribution in [1.82, 2.24) is 0 Å². The summed E-state index contributed by atoms with van der Waals surface area (Å²) in [5.74, 6) is 0.00413. The largest absolute Gasteiger partial charge is 0.371 e. The van der Waals surface area contributed by atoms with E-state index < -0.39 is 0 Å². The molecular weight excluding hydrogens is 238 g/mol. The number of amides is 1. The average molecular weight is 261 g/mol. The molecule has 104 valence electrons. The SMILES string of the molecule is CC(CCN)C(=O)Nc1cccc(N2CCCC2)c1. The van der Waals surface area contributed by atoms with E-state index in [1.165, 1.54) is 18.5 Å². The number of hydrogen-bond donors (Lipinski definition) is 2. The van der Waals surface area contributed by atoms with Crippen LogP contribution in [0.1, 0.15) is 26.2 Å². The molecule has 0 aliphatic carbocycles. The molecule has 1 amide bonds. The Hall–Kier alpha value is -1.55. The molecular formula is C15H23N3O. The van der Waals surface area contributed by atoms with Crippen LogP contribution in [0.2, 0.25) is 0 Å². The first-order valence-electron chi connectivity index (χ1n) is 7.06.